The third-order valence-corrected chi connectivity index (χ3v) is 9.63. The summed E-state index contributed by atoms with van der Waals surface area (Å²) in [6.45, 7) is 7.18. The molecule has 0 saturated carbocycles. The lowest BCUT2D eigenvalue weighted by atomic mass is 9.65. The van der Waals surface area contributed by atoms with Crippen LogP contribution in [0.1, 0.15) is 69.2 Å². The van der Waals surface area contributed by atoms with E-state index >= 15 is 0 Å². The average molecular weight is 656 g/mol. The van der Waals surface area contributed by atoms with Crippen LogP contribution in [0, 0.1) is 11.8 Å². The number of methoxy groups -OCH3 is 2. The maximum Gasteiger partial charge on any atom is 0.407 e. The highest BCUT2D eigenvalue weighted by Gasteiger charge is 2.53. The van der Waals surface area contributed by atoms with E-state index in [1.807, 2.05) is 27.7 Å². The van der Waals surface area contributed by atoms with Crippen molar-refractivity contribution in [3.8, 4) is 28.7 Å². The van der Waals surface area contributed by atoms with Crippen molar-refractivity contribution in [1.82, 2.24) is 15.7 Å². The van der Waals surface area contributed by atoms with E-state index in [1.165, 1.54) is 19.3 Å². The van der Waals surface area contributed by atoms with Crippen LogP contribution < -0.4 is 29.6 Å². The summed E-state index contributed by atoms with van der Waals surface area (Å²) in [7, 11) is 2.85. The van der Waals surface area contributed by atoms with Gasteiger partial charge >= 0.3 is 12.1 Å². The fraction of sp³-hybridized carbons (Fsp3) is 0.545. The molecule has 2 fully saturated rings. The Morgan fingerprint density at radius 2 is 1.55 bits per heavy atom. The highest BCUT2D eigenvalue weighted by Crippen LogP contribution is 2.55. The van der Waals surface area contributed by atoms with Crippen molar-refractivity contribution in [3.63, 3.8) is 0 Å². The first-order chi connectivity index (χ1) is 22.2. The number of carbonyl (C=O) groups is 3. The lowest BCUT2D eigenvalue weighted by molar-refractivity contribution is -0.256. The quantitative estimate of drug-likeness (QED) is 0.321. The van der Waals surface area contributed by atoms with Crippen molar-refractivity contribution in [3.05, 3.63) is 41.0 Å². The summed E-state index contributed by atoms with van der Waals surface area (Å²) in [5.41, 5.74) is 0.805. The molecule has 2 aromatic carbocycles. The zero-order chi connectivity index (χ0) is 33.8. The van der Waals surface area contributed by atoms with Gasteiger partial charge in [-0.05, 0) is 68.7 Å². The number of esters is 1. The van der Waals surface area contributed by atoms with Crippen molar-refractivity contribution in [2.45, 2.75) is 69.7 Å². The Morgan fingerprint density at radius 3 is 2.15 bits per heavy atom. The minimum Gasteiger partial charge on any atom is -0.502 e. The van der Waals surface area contributed by atoms with Gasteiger partial charge in [0, 0.05) is 35.8 Å². The number of nitrogens with zero attached hydrogens (tertiary/aromatic N) is 1. The number of phenolic OH excluding ortho intramolecular Hbond substituents is 1. The van der Waals surface area contributed by atoms with Crippen molar-refractivity contribution in [1.29, 1.82) is 0 Å². The number of nitrogens with one attached hydrogen (secondary N) is 2. The van der Waals surface area contributed by atoms with E-state index in [9.17, 15) is 24.7 Å². The molecule has 3 heterocycles. The van der Waals surface area contributed by atoms with Crippen LogP contribution >= 0.6 is 0 Å². The number of hydrogen-bond donors (Lipinski definition) is 4. The molecule has 1 aliphatic carbocycles. The lowest BCUT2D eigenvalue weighted by Gasteiger charge is -2.50. The molecule has 254 valence electrons. The van der Waals surface area contributed by atoms with Gasteiger partial charge in [0.1, 0.15) is 12.6 Å². The minimum atomic E-state index is -0.747. The first kappa shape index (κ1) is 32.5. The van der Waals surface area contributed by atoms with E-state index in [1.54, 1.807) is 24.3 Å². The maximum atomic E-state index is 13.4. The maximum absolute atomic E-state index is 13.4. The number of aromatic hydroxyl groups is 1. The van der Waals surface area contributed by atoms with Crippen LogP contribution in [0.4, 0.5) is 4.79 Å². The molecule has 4 aliphatic rings. The van der Waals surface area contributed by atoms with Gasteiger partial charge in [-0.3, -0.25) is 9.59 Å². The molecule has 4 atom stereocenters. The number of piperidine rings is 1. The highest BCUT2D eigenvalue weighted by molar-refractivity contribution is 5.84. The number of ether oxygens (including phenoxy) is 6. The lowest BCUT2D eigenvalue weighted by Crippen LogP contribution is -2.61. The van der Waals surface area contributed by atoms with Gasteiger partial charge in [0.2, 0.25) is 18.4 Å². The summed E-state index contributed by atoms with van der Waals surface area (Å²) >= 11 is 0. The van der Waals surface area contributed by atoms with Crippen LogP contribution in [0.15, 0.2) is 24.3 Å². The predicted molar refractivity (Wildman–Crippen MR) is 164 cm³/mol. The Balaban J connectivity index is 1.25. The Kier molecular flexibility index (Phi) is 8.29. The van der Waals surface area contributed by atoms with Gasteiger partial charge in [0.05, 0.1) is 32.8 Å². The van der Waals surface area contributed by atoms with Crippen LogP contribution in [0.5, 0.6) is 28.7 Å². The smallest absolute Gasteiger partial charge is 0.407 e. The largest absolute Gasteiger partial charge is 0.502 e. The fourth-order valence-corrected chi connectivity index (χ4v) is 7.67. The Morgan fingerprint density at radius 1 is 0.957 bits per heavy atom. The molecule has 0 unspecified atom stereocenters. The summed E-state index contributed by atoms with van der Waals surface area (Å²) in [4.78, 5) is 39.5. The third kappa shape index (κ3) is 5.84. The molecular weight excluding hydrogens is 614 g/mol. The van der Waals surface area contributed by atoms with E-state index in [2.05, 4.69) is 10.6 Å². The molecule has 47 heavy (non-hydrogen) atoms. The number of alkyl carbamates (subject to hydrolysis) is 1. The molecule has 6 rings (SSSR count). The number of cyclic esters (lactones) is 1. The second kappa shape index (κ2) is 12.0. The van der Waals surface area contributed by atoms with Crippen molar-refractivity contribution < 1.29 is 53.1 Å². The number of phenols is 1. The molecule has 14 nitrogen and oxygen atoms in total. The molecule has 14 heteroatoms. The van der Waals surface area contributed by atoms with Crippen LogP contribution in [0.3, 0.4) is 0 Å². The first-order valence-corrected chi connectivity index (χ1v) is 15.5. The molecule has 2 aromatic rings. The molecular formula is C33H41N3O11. The van der Waals surface area contributed by atoms with E-state index in [0.29, 0.717) is 41.0 Å². The Hall–Kier alpha value is -4.43. The second-order valence-electron chi connectivity index (χ2n) is 13.7. The summed E-state index contributed by atoms with van der Waals surface area (Å²) in [5.74, 6) is -1.53. The molecule has 0 aromatic heterocycles. The number of hydrogen-bond acceptors (Lipinski definition) is 12. The van der Waals surface area contributed by atoms with E-state index < -0.39 is 58.9 Å². The molecule has 2 amide bonds. The summed E-state index contributed by atoms with van der Waals surface area (Å²) in [6, 6.07) is 6.23. The minimum absolute atomic E-state index is 0.0212. The van der Waals surface area contributed by atoms with Crippen LogP contribution in [0.25, 0.3) is 0 Å². The summed E-state index contributed by atoms with van der Waals surface area (Å²) in [6.07, 6.45) is -0.377. The number of rotatable bonds is 7. The van der Waals surface area contributed by atoms with Gasteiger partial charge in [0.25, 0.3) is 0 Å². The number of hydroxylamine groups is 2. The first-order valence-electron chi connectivity index (χ1n) is 15.5. The molecule has 2 saturated heterocycles. The Bertz CT molecular complexity index is 1550. The number of amides is 2. The topological polar surface area (TPSA) is 174 Å². The summed E-state index contributed by atoms with van der Waals surface area (Å²) < 4.78 is 33.4. The third-order valence-electron chi connectivity index (χ3n) is 9.63. The van der Waals surface area contributed by atoms with Crippen LogP contribution in [0.2, 0.25) is 0 Å². The molecule has 3 aliphatic heterocycles. The molecule has 0 bridgehead atoms. The normalized spacial score (nSPS) is 25.6. The van der Waals surface area contributed by atoms with Gasteiger partial charge in [-0.2, -0.15) is 5.06 Å². The SMILES string of the molecule is COc1cc([C@@H]2c3cc4c(cc3[C@@H](NC(=O)CNC(=O)OC3CC(C)(C)N(O)C(C)(C)C3)[C@H]3COC(=O)[C@H]23)OCO4)cc(OC)c1O. The summed E-state index contributed by atoms with van der Waals surface area (Å²) in [5, 5.41) is 28.0. The van der Waals surface area contributed by atoms with E-state index in [4.69, 9.17) is 28.4 Å². The number of fused-ring (bicyclic) bond motifs is 3. The van der Waals surface area contributed by atoms with Gasteiger partial charge < -0.3 is 49.4 Å². The van der Waals surface area contributed by atoms with Crippen molar-refractivity contribution in [2.75, 3.05) is 34.2 Å². The average Bonchev–Trinajstić information content (AvgIpc) is 3.64. The fourth-order valence-electron chi connectivity index (χ4n) is 7.67. The van der Waals surface area contributed by atoms with Crippen LogP contribution in [-0.2, 0) is 19.1 Å². The van der Waals surface area contributed by atoms with E-state index in [0.717, 1.165) is 0 Å². The van der Waals surface area contributed by atoms with E-state index in [-0.39, 0.29) is 37.2 Å². The highest BCUT2D eigenvalue weighted by atomic mass is 16.7. The zero-order valence-corrected chi connectivity index (χ0v) is 27.2. The van der Waals surface area contributed by atoms with Gasteiger partial charge in [0.15, 0.2) is 23.0 Å². The monoisotopic (exact) mass is 655 g/mol. The van der Waals surface area contributed by atoms with Gasteiger partial charge in [-0.1, -0.05) is 0 Å². The van der Waals surface area contributed by atoms with Crippen LogP contribution in [-0.4, -0.2) is 84.7 Å². The zero-order valence-electron chi connectivity index (χ0n) is 27.2. The second-order valence-corrected chi connectivity index (χ2v) is 13.7. The Labute approximate surface area is 272 Å². The van der Waals surface area contributed by atoms with Gasteiger partial charge in [-0.15, -0.1) is 0 Å². The molecule has 0 spiro atoms. The molecule has 4 N–H and O–H groups in total. The predicted octanol–water partition coefficient (Wildman–Crippen LogP) is 3.37. The van der Waals surface area contributed by atoms with Crippen molar-refractivity contribution in [2.24, 2.45) is 11.8 Å². The van der Waals surface area contributed by atoms with Crippen molar-refractivity contribution >= 4 is 18.0 Å². The standard InChI is InChI=1S/C33H41N3O11/c1-32(2)11-17(12-33(3,4)36(32)41)47-31(40)34-13-25(37)35-28-19-10-22-21(45-15-46-22)9-18(19)26(27-20(28)14-44-30(27)39)16-7-23(42-5)29(38)24(8-16)43-6/h7-10,17,20,26-28,38,41H,11-15H2,1-6H3,(H,34,40)(H,35,37)/t20-,26+,27-,28+/m0/s1. The number of carbonyl (C=O) groups excluding carboxylic acids is 3. The van der Waals surface area contributed by atoms with Gasteiger partial charge in [-0.25, -0.2) is 4.79 Å². The molecule has 0 radical (unpaired) electrons. The number of benzene rings is 2.